The summed E-state index contributed by atoms with van der Waals surface area (Å²) < 4.78 is 0. The van der Waals surface area contributed by atoms with Crippen LogP contribution in [-0.2, 0) is 4.79 Å². The minimum Gasteiger partial charge on any atom is -0.341 e. The molecule has 16 heavy (non-hydrogen) atoms. The van der Waals surface area contributed by atoms with Gasteiger partial charge in [-0.05, 0) is 31.7 Å². The van der Waals surface area contributed by atoms with Crippen LogP contribution in [0, 0.1) is 5.92 Å². The fraction of sp³-hybridized carbons (Fsp3) is 0.917. The van der Waals surface area contributed by atoms with Crippen LogP contribution in [0.1, 0.15) is 25.7 Å². The molecule has 0 aromatic heterocycles. The van der Waals surface area contributed by atoms with Gasteiger partial charge in [-0.25, -0.2) is 0 Å². The topological polar surface area (TPSA) is 23.6 Å². The fourth-order valence-electron chi connectivity index (χ4n) is 2.26. The van der Waals surface area contributed by atoms with Gasteiger partial charge in [0.15, 0.2) is 0 Å². The first-order chi connectivity index (χ1) is 7.79. The summed E-state index contributed by atoms with van der Waals surface area (Å²) in [5.41, 5.74) is 0. The van der Waals surface area contributed by atoms with Gasteiger partial charge in [-0.3, -0.25) is 4.79 Å². The Morgan fingerprint density at radius 2 is 2.00 bits per heavy atom. The van der Waals surface area contributed by atoms with Crippen molar-refractivity contribution in [2.75, 3.05) is 38.6 Å². The van der Waals surface area contributed by atoms with Crippen molar-refractivity contribution in [3.05, 3.63) is 0 Å². The highest BCUT2D eigenvalue weighted by molar-refractivity contribution is 6.18. The smallest absolute Gasteiger partial charge is 0.222 e. The fourth-order valence-corrected chi connectivity index (χ4v) is 2.50. The van der Waals surface area contributed by atoms with E-state index in [0.29, 0.717) is 17.7 Å². The van der Waals surface area contributed by atoms with Crippen molar-refractivity contribution in [2.45, 2.75) is 25.7 Å². The average Bonchev–Trinajstić information content (AvgIpc) is 3.05. The first-order valence-corrected chi connectivity index (χ1v) is 6.89. The molecule has 1 amide bonds. The summed E-state index contributed by atoms with van der Waals surface area (Å²) in [4.78, 5) is 16.4. The number of rotatable bonds is 4. The molecule has 0 aromatic carbocycles. The lowest BCUT2D eigenvalue weighted by Gasteiger charge is -2.21. The molecule has 1 aliphatic heterocycles. The standard InChI is InChI=1S/C12H21ClN2O/c13-4-7-14-5-1-6-15(9-8-14)12(16)10-11-2-3-11/h11H,1-10H2. The Hall–Kier alpha value is -0.280. The lowest BCUT2D eigenvalue weighted by molar-refractivity contribution is -0.131. The predicted molar refractivity (Wildman–Crippen MR) is 65.7 cm³/mol. The molecule has 2 rings (SSSR count). The number of amides is 1. The predicted octanol–water partition coefficient (Wildman–Crippen LogP) is 1.56. The molecule has 1 heterocycles. The van der Waals surface area contributed by atoms with Crippen molar-refractivity contribution in [2.24, 2.45) is 5.92 Å². The highest BCUT2D eigenvalue weighted by Crippen LogP contribution is 2.32. The lowest BCUT2D eigenvalue weighted by atomic mass is 10.2. The van der Waals surface area contributed by atoms with Crippen LogP contribution in [0.2, 0.25) is 0 Å². The number of hydrogen-bond donors (Lipinski definition) is 0. The third kappa shape index (κ3) is 3.63. The minimum atomic E-state index is 0.371. The summed E-state index contributed by atoms with van der Waals surface area (Å²) in [5, 5.41) is 0. The zero-order valence-corrected chi connectivity index (χ0v) is 10.6. The van der Waals surface area contributed by atoms with E-state index in [1.165, 1.54) is 12.8 Å². The monoisotopic (exact) mass is 244 g/mol. The Labute approximate surface area is 103 Å². The zero-order valence-electron chi connectivity index (χ0n) is 9.83. The minimum absolute atomic E-state index is 0.371. The van der Waals surface area contributed by atoms with Gasteiger partial charge in [0, 0.05) is 38.5 Å². The van der Waals surface area contributed by atoms with E-state index in [-0.39, 0.29) is 0 Å². The maximum Gasteiger partial charge on any atom is 0.222 e. The van der Waals surface area contributed by atoms with E-state index in [1.54, 1.807) is 0 Å². The highest BCUT2D eigenvalue weighted by atomic mass is 35.5. The maximum absolute atomic E-state index is 11.9. The Morgan fingerprint density at radius 3 is 2.69 bits per heavy atom. The summed E-state index contributed by atoms with van der Waals surface area (Å²) in [7, 11) is 0. The molecule has 2 aliphatic rings. The quantitative estimate of drug-likeness (QED) is 0.701. The van der Waals surface area contributed by atoms with Crippen molar-refractivity contribution >= 4 is 17.5 Å². The summed E-state index contributed by atoms with van der Waals surface area (Å²) in [6.07, 6.45) is 4.40. The van der Waals surface area contributed by atoms with Crippen molar-refractivity contribution in [3.63, 3.8) is 0 Å². The van der Waals surface area contributed by atoms with Crippen LogP contribution in [0.25, 0.3) is 0 Å². The van der Waals surface area contributed by atoms with Gasteiger partial charge < -0.3 is 9.80 Å². The second kappa shape index (κ2) is 5.87. The van der Waals surface area contributed by atoms with E-state index in [2.05, 4.69) is 4.90 Å². The normalized spacial score (nSPS) is 23.2. The van der Waals surface area contributed by atoms with E-state index >= 15 is 0 Å². The van der Waals surface area contributed by atoms with Gasteiger partial charge in [-0.2, -0.15) is 0 Å². The van der Waals surface area contributed by atoms with Crippen LogP contribution < -0.4 is 0 Å². The van der Waals surface area contributed by atoms with Crippen molar-refractivity contribution < 1.29 is 4.79 Å². The van der Waals surface area contributed by atoms with E-state index in [4.69, 9.17) is 11.6 Å². The van der Waals surface area contributed by atoms with Crippen LogP contribution >= 0.6 is 11.6 Å². The zero-order chi connectivity index (χ0) is 11.4. The number of halogens is 1. The van der Waals surface area contributed by atoms with Gasteiger partial charge in [0.1, 0.15) is 0 Å². The Balaban J connectivity index is 1.75. The van der Waals surface area contributed by atoms with Crippen LogP contribution in [0.5, 0.6) is 0 Å². The summed E-state index contributed by atoms with van der Waals surface area (Å²) in [6, 6.07) is 0. The molecule has 1 saturated heterocycles. The number of alkyl halides is 1. The van der Waals surface area contributed by atoms with E-state index in [9.17, 15) is 4.79 Å². The molecular weight excluding hydrogens is 224 g/mol. The molecule has 1 saturated carbocycles. The third-order valence-corrected chi connectivity index (χ3v) is 3.67. The molecule has 0 radical (unpaired) electrons. The van der Waals surface area contributed by atoms with Crippen molar-refractivity contribution in [3.8, 4) is 0 Å². The molecule has 0 bridgehead atoms. The van der Waals surface area contributed by atoms with E-state index in [0.717, 1.165) is 45.6 Å². The van der Waals surface area contributed by atoms with Crippen LogP contribution in [0.3, 0.4) is 0 Å². The molecule has 0 aromatic rings. The Bertz CT molecular complexity index is 243. The molecule has 3 nitrogen and oxygen atoms in total. The molecule has 0 unspecified atom stereocenters. The van der Waals surface area contributed by atoms with Gasteiger partial charge in [0.25, 0.3) is 0 Å². The third-order valence-electron chi connectivity index (χ3n) is 3.50. The Kier molecular flexibility index (Phi) is 4.47. The second-order valence-electron chi connectivity index (χ2n) is 4.91. The number of carbonyl (C=O) groups is 1. The lowest BCUT2D eigenvalue weighted by Crippen LogP contribution is -2.35. The van der Waals surface area contributed by atoms with E-state index < -0.39 is 0 Å². The molecule has 4 heteroatoms. The molecule has 0 atom stereocenters. The summed E-state index contributed by atoms with van der Waals surface area (Å²) in [5.74, 6) is 1.76. The number of carbonyl (C=O) groups excluding carboxylic acids is 1. The van der Waals surface area contributed by atoms with Crippen LogP contribution in [0.15, 0.2) is 0 Å². The largest absolute Gasteiger partial charge is 0.341 e. The van der Waals surface area contributed by atoms with Crippen LogP contribution in [-0.4, -0.2) is 54.3 Å². The van der Waals surface area contributed by atoms with Gasteiger partial charge in [0.2, 0.25) is 5.91 Å². The molecule has 0 spiro atoms. The van der Waals surface area contributed by atoms with Crippen LogP contribution in [0.4, 0.5) is 0 Å². The van der Waals surface area contributed by atoms with Crippen molar-refractivity contribution in [1.29, 1.82) is 0 Å². The number of hydrogen-bond acceptors (Lipinski definition) is 2. The van der Waals surface area contributed by atoms with Gasteiger partial charge in [-0.15, -0.1) is 11.6 Å². The van der Waals surface area contributed by atoms with Crippen molar-refractivity contribution in [1.82, 2.24) is 9.80 Å². The highest BCUT2D eigenvalue weighted by Gasteiger charge is 2.27. The maximum atomic E-state index is 11.9. The first kappa shape index (κ1) is 12.2. The molecular formula is C12H21ClN2O. The number of nitrogens with zero attached hydrogens (tertiary/aromatic N) is 2. The van der Waals surface area contributed by atoms with Gasteiger partial charge >= 0.3 is 0 Å². The molecule has 1 aliphatic carbocycles. The molecule has 92 valence electrons. The Morgan fingerprint density at radius 1 is 1.19 bits per heavy atom. The second-order valence-corrected chi connectivity index (χ2v) is 5.29. The average molecular weight is 245 g/mol. The molecule has 0 N–H and O–H groups in total. The van der Waals surface area contributed by atoms with E-state index in [1.807, 2.05) is 4.90 Å². The summed E-state index contributed by atoms with van der Waals surface area (Å²) in [6.45, 7) is 4.85. The molecule has 2 fully saturated rings. The first-order valence-electron chi connectivity index (χ1n) is 6.35. The SMILES string of the molecule is O=C(CC1CC1)N1CCCN(CCCl)CC1. The van der Waals surface area contributed by atoms with Gasteiger partial charge in [0.05, 0.1) is 0 Å². The summed E-state index contributed by atoms with van der Waals surface area (Å²) >= 11 is 5.74. The van der Waals surface area contributed by atoms with Gasteiger partial charge in [-0.1, -0.05) is 0 Å².